The Kier molecular flexibility index (Phi) is 3.36. The van der Waals surface area contributed by atoms with Crippen LogP contribution < -0.4 is 9.88 Å². The monoisotopic (exact) mass is 263 g/mol. The average Bonchev–Trinajstić information content (AvgIpc) is 2.32. The Labute approximate surface area is 106 Å². The number of benzene rings is 2. The zero-order valence-corrected chi connectivity index (χ0v) is 10.6. The summed E-state index contributed by atoms with van der Waals surface area (Å²) in [5, 5.41) is 5.17. The van der Waals surface area contributed by atoms with Crippen LogP contribution in [-0.4, -0.2) is 8.42 Å². The van der Waals surface area contributed by atoms with Crippen molar-refractivity contribution in [3.8, 4) is 11.5 Å². The molecule has 0 spiro atoms. The molecule has 0 aliphatic rings. The second kappa shape index (κ2) is 4.80. The first-order valence-corrected chi connectivity index (χ1v) is 6.88. The largest absolute Gasteiger partial charge is 0.456 e. The number of hydrogen-bond acceptors (Lipinski definition) is 3. The van der Waals surface area contributed by atoms with E-state index < -0.39 is 10.0 Å². The van der Waals surface area contributed by atoms with Crippen LogP contribution in [0.2, 0.25) is 0 Å². The minimum absolute atomic E-state index is 0.00801. The van der Waals surface area contributed by atoms with Crippen molar-refractivity contribution in [2.75, 3.05) is 0 Å². The summed E-state index contributed by atoms with van der Waals surface area (Å²) in [5.41, 5.74) is 0.713. The number of primary sulfonamides is 1. The zero-order chi connectivity index (χ0) is 13.2. The van der Waals surface area contributed by atoms with E-state index in [0.29, 0.717) is 11.3 Å². The fourth-order valence-corrected chi connectivity index (χ4v) is 2.32. The summed E-state index contributed by atoms with van der Waals surface area (Å²) in [5.74, 6) is 0.836. The molecule has 0 unspecified atom stereocenters. The number of ether oxygens (including phenoxy) is 1. The molecule has 0 saturated carbocycles. The van der Waals surface area contributed by atoms with Gasteiger partial charge in [0, 0.05) is 0 Å². The van der Waals surface area contributed by atoms with Crippen LogP contribution in [0.15, 0.2) is 53.4 Å². The van der Waals surface area contributed by atoms with Crippen molar-refractivity contribution in [3.05, 3.63) is 54.1 Å². The molecule has 0 aliphatic carbocycles. The van der Waals surface area contributed by atoms with Crippen LogP contribution in [0, 0.1) is 6.92 Å². The second-order valence-corrected chi connectivity index (χ2v) is 5.39. The van der Waals surface area contributed by atoms with Crippen LogP contribution in [-0.2, 0) is 10.0 Å². The molecule has 0 aromatic heterocycles. The summed E-state index contributed by atoms with van der Waals surface area (Å²) in [4.78, 5) is -0.00801. The van der Waals surface area contributed by atoms with E-state index in [4.69, 9.17) is 9.88 Å². The van der Waals surface area contributed by atoms with Crippen LogP contribution in [0.3, 0.4) is 0 Å². The van der Waals surface area contributed by atoms with Crippen molar-refractivity contribution in [3.63, 3.8) is 0 Å². The third-order valence-corrected chi connectivity index (χ3v) is 3.38. The van der Waals surface area contributed by atoms with E-state index in [1.807, 2.05) is 18.2 Å². The molecule has 0 bridgehead atoms. The molecule has 0 amide bonds. The predicted octanol–water partition coefficient (Wildman–Crippen LogP) is 2.43. The van der Waals surface area contributed by atoms with Crippen LogP contribution in [0.5, 0.6) is 11.5 Å². The summed E-state index contributed by atoms with van der Waals surface area (Å²) < 4.78 is 28.6. The van der Waals surface area contributed by atoms with E-state index in [-0.39, 0.29) is 10.6 Å². The third kappa shape index (κ3) is 2.69. The van der Waals surface area contributed by atoms with Crippen LogP contribution >= 0.6 is 0 Å². The lowest BCUT2D eigenvalue weighted by molar-refractivity contribution is 0.463. The van der Waals surface area contributed by atoms with Gasteiger partial charge in [-0.2, -0.15) is 0 Å². The lowest BCUT2D eigenvalue weighted by Gasteiger charge is -2.12. The molecule has 0 radical (unpaired) electrons. The Bertz CT molecular complexity index is 651. The van der Waals surface area contributed by atoms with Gasteiger partial charge in [-0.15, -0.1) is 0 Å². The second-order valence-electron chi connectivity index (χ2n) is 3.86. The van der Waals surface area contributed by atoms with Gasteiger partial charge in [-0.25, -0.2) is 13.6 Å². The Balaban J connectivity index is 2.51. The van der Waals surface area contributed by atoms with Gasteiger partial charge in [-0.3, -0.25) is 0 Å². The highest BCUT2D eigenvalue weighted by Crippen LogP contribution is 2.31. The van der Waals surface area contributed by atoms with Crippen LogP contribution in [0.25, 0.3) is 0 Å². The molecule has 0 heterocycles. The standard InChI is InChI=1S/C13H13NO3S/c1-10-6-5-9-12(18(14,15)16)13(10)17-11-7-3-2-4-8-11/h2-9H,1H3,(H2,14,15,16). The van der Waals surface area contributed by atoms with Crippen molar-refractivity contribution in [2.45, 2.75) is 11.8 Å². The Hall–Kier alpha value is -1.85. The topological polar surface area (TPSA) is 69.4 Å². The molecule has 2 aromatic carbocycles. The van der Waals surface area contributed by atoms with E-state index in [9.17, 15) is 8.42 Å². The number of sulfonamides is 1. The first kappa shape index (κ1) is 12.6. The van der Waals surface area contributed by atoms with Gasteiger partial charge in [-0.1, -0.05) is 30.3 Å². The van der Waals surface area contributed by atoms with Crippen molar-refractivity contribution in [1.82, 2.24) is 0 Å². The van der Waals surface area contributed by atoms with Gasteiger partial charge >= 0.3 is 0 Å². The maximum Gasteiger partial charge on any atom is 0.241 e. The van der Waals surface area contributed by atoms with Gasteiger partial charge in [-0.05, 0) is 30.7 Å². The van der Waals surface area contributed by atoms with Crippen LogP contribution in [0.4, 0.5) is 0 Å². The highest BCUT2D eigenvalue weighted by atomic mass is 32.2. The van der Waals surface area contributed by atoms with E-state index >= 15 is 0 Å². The molecule has 0 fully saturated rings. The maximum atomic E-state index is 11.5. The molecule has 2 rings (SSSR count). The Morgan fingerprint density at radius 2 is 1.67 bits per heavy atom. The first-order valence-electron chi connectivity index (χ1n) is 5.34. The minimum atomic E-state index is -3.80. The quantitative estimate of drug-likeness (QED) is 0.924. The van der Waals surface area contributed by atoms with Gasteiger partial charge in [0.1, 0.15) is 16.4 Å². The highest BCUT2D eigenvalue weighted by molar-refractivity contribution is 7.89. The maximum absolute atomic E-state index is 11.5. The van der Waals surface area contributed by atoms with Gasteiger partial charge in [0.15, 0.2) is 0 Å². The fourth-order valence-electron chi connectivity index (χ4n) is 1.59. The molecule has 0 aliphatic heterocycles. The summed E-state index contributed by atoms with van der Waals surface area (Å²) in [6.07, 6.45) is 0. The number of para-hydroxylation sites is 2. The van der Waals surface area contributed by atoms with Crippen molar-refractivity contribution in [1.29, 1.82) is 0 Å². The molecule has 2 aromatic rings. The molecule has 4 nitrogen and oxygen atoms in total. The lowest BCUT2D eigenvalue weighted by Crippen LogP contribution is -2.13. The lowest BCUT2D eigenvalue weighted by atomic mass is 10.2. The first-order chi connectivity index (χ1) is 8.48. The van der Waals surface area contributed by atoms with Crippen molar-refractivity contribution >= 4 is 10.0 Å². The van der Waals surface area contributed by atoms with Gasteiger partial charge in [0.05, 0.1) is 0 Å². The molecule has 0 saturated heterocycles. The van der Waals surface area contributed by atoms with Crippen molar-refractivity contribution in [2.24, 2.45) is 5.14 Å². The predicted molar refractivity (Wildman–Crippen MR) is 69.1 cm³/mol. The summed E-state index contributed by atoms with van der Waals surface area (Å²) >= 11 is 0. The van der Waals surface area contributed by atoms with Crippen molar-refractivity contribution < 1.29 is 13.2 Å². The van der Waals surface area contributed by atoms with E-state index in [1.165, 1.54) is 6.07 Å². The van der Waals surface area contributed by atoms with E-state index in [1.54, 1.807) is 31.2 Å². The zero-order valence-electron chi connectivity index (χ0n) is 9.83. The summed E-state index contributed by atoms with van der Waals surface area (Å²) in [6, 6.07) is 13.8. The van der Waals surface area contributed by atoms with Gasteiger partial charge < -0.3 is 4.74 Å². The smallest absolute Gasteiger partial charge is 0.241 e. The molecular formula is C13H13NO3S. The van der Waals surface area contributed by atoms with E-state index in [2.05, 4.69) is 0 Å². The minimum Gasteiger partial charge on any atom is -0.456 e. The average molecular weight is 263 g/mol. The number of nitrogens with two attached hydrogens (primary N) is 1. The van der Waals surface area contributed by atoms with E-state index in [0.717, 1.165) is 0 Å². The SMILES string of the molecule is Cc1cccc(S(N)(=O)=O)c1Oc1ccccc1. The Morgan fingerprint density at radius 1 is 1.00 bits per heavy atom. The molecular weight excluding hydrogens is 250 g/mol. The number of rotatable bonds is 3. The molecule has 18 heavy (non-hydrogen) atoms. The molecule has 0 atom stereocenters. The molecule has 5 heteroatoms. The third-order valence-electron chi connectivity index (χ3n) is 2.45. The Morgan fingerprint density at radius 3 is 2.28 bits per heavy atom. The van der Waals surface area contributed by atoms with Gasteiger partial charge in [0.25, 0.3) is 0 Å². The number of hydrogen-bond donors (Lipinski definition) is 1. The summed E-state index contributed by atoms with van der Waals surface area (Å²) in [6.45, 7) is 1.77. The molecule has 94 valence electrons. The normalized spacial score (nSPS) is 11.2. The number of aryl methyl sites for hydroxylation is 1. The summed E-state index contributed by atoms with van der Waals surface area (Å²) in [7, 11) is -3.80. The molecule has 2 N–H and O–H groups in total. The van der Waals surface area contributed by atoms with Crippen LogP contribution in [0.1, 0.15) is 5.56 Å². The van der Waals surface area contributed by atoms with Gasteiger partial charge in [0.2, 0.25) is 10.0 Å². The highest BCUT2D eigenvalue weighted by Gasteiger charge is 2.17. The fraction of sp³-hybridized carbons (Fsp3) is 0.0769.